The fourth-order valence-electron chi connectivity index (χ4n) is 0.713. The molecule has 1 aliphatic rings. The molecule has 0 radical (unpaired) electrons. The fraction of sp³-hybridized carbons (Fsp3) is 0.600. The highest BCUT2D eigenvalue weighted by Crippen LogP contribution is 2.10. The van der Waals surface area contributed by atoms with Gasteiger partial charge in [-0.15, -0.1) is 0 Å². The van der Waals surface area contributed by atoms with Crippen molar-refractivity contribution in [3.05, 3.63) is 0 Å². The molecule has 5 nitrogen and oxygen atoms in total. The third kappa shape index (κ3) is 1.16. The maximum absolute atomic E-state index is 12.7. The monoisotopic (exact) mass is 161 g/mol. The maximum atomic E-state index is 12.7. The molecule has 62 valence electrons. The van der Waals surface area contributed by atoms with Crippen LogP contribution in [0.5, 0.6) is 0 Å². The van der Waals surface area contributed by atoms with E-state index in [9.17, 15) is 9.18 Å². The van der Waals surface area contributed by atoms with E-state index in [-0.39, 0.29) is 0 Å². The van der Waals surface area contributed by atoms with E-state index in [1.165, 1.54) is 7.05 Å². The molecule has 0 saturated heterocycles. The standard InChI is InChI=1S/C5H8FN3O2/c1-9-4(10)2(6)3(7)8-5(9)11/h2,4,10H,1H3,(H2,7,8,11). The van der Waals surface area contributed by atoms with Crippen LogP contribution in [0.1, 0.15) is 0 Å². The van der Waals surface area contributed by atoms with Gasteiger partial charge < -0.3 is 10.8 Å². The van der Waals surface area contributed by atoms with Crippen LogP contribution in [0.2, 0.25) is 0 Å². The van der Waals surface area contributed by atoms with E-state index in [0.29, 0.717) is 0 Å². The molecule has 0 aromatic heterocycles. The van der Waals surface area contributed by atoms with Crippen LogP contribution in [0.15, 0.2) is 4.99 Å². The molecule has 0 aliphatic carbocycles. The number of carbonyl (C=O) groups is 1. The molecule has 0 aromatic carbocycles. The lowest BCUT2D eigenvalue weighted by Gasteiger charge is -2.27. The van der Waals surface area contributed by atoms with E-state index in [4.69, 9.17) is 10.8 Å². The van der Waals surface area contributed by atoms with Crippen LogP contribution in [0, 0.1) is 0 Å². The van der Waals surface area contributed by atoms with Crippen molar-refractivity contribution < 1.29 is 14.3 Å². The van der Waals surface area contributed by atoms with Gasteiger partial charge in [-0.05, 0) is 0 Å². The molecule has 1 heterocycles. The number of halogens is 1. The molecule has 2 amide bonds. The summed E-state index contributed by atoms with van der Waals surface area (Å²) in [4.78, 5) is 14.6. The van der Waals surface area contributed by atoms with Crippen LogP contribution in [0.4, 0.5) is 9.18 Å². The first-order valence-electron chi connectivity index (χ1n) is 2.97. The summed E-state index contributed by atoms with van der Waals surface area (Å²) >= 11 is 0. The lowest BCUT2D eigenvalue weighted by Crippen LogP contribution is -2.51. The van der Waals surface area contributed by atoms with E-state index in [1.54, 1.807) is 0 Å². The molecule has 11 heavy (non-hydrogen) atoms. The molecule has 0 fully saturated rings. The van der Waals surface area contributed by atoms with E-state index in [1.807, 2.05) is 0 Å². The quantitative estimate of drug-likeness (QED) is 0.481. The first kappa shape index (κ1) is 7.93. The number of nitrogens with two attached hydrogens (primary N) is 1. The Morgan fingerprint density at radius 2 is 2.36 bits per heavy atom. The normalized spacial score (nSPS) is 32.1. The average Bonchev–Trinajstić information content (AvgIpc) is 1.97. The van der Waals surface area contributed by atoms with Crippen LogP contribution in [-0.2, 0) is 0 Å². The van der Waals surface area contributed by atoms with Crippen molar-refractivity contribution in [3.8, 4) is 0 Å². The first-order chi connectivity index (χ1) is 5.04. The molecule has 1 aliphatic heterocycles. The molecule has 0 bridgehead atoms. The van der Waals surface area contributed by atoms with Crippen LogP contribution in [0.3, 0.4) is 0 Å². The number of amidine groups is 1. The number of carbonyl (C=O) groups excluding carboxylic acids is 1. The number of alkyl halides is 1. The van der Waals surface area contributed by atoms with Gasteiger partial charge in [-0.25, -0.2) is 9.18 Å². The number of aliphatic hydroxyl groups excluding tert-OH is 1. The summed E-state index contributed by atoms with van der Waals surface area (Å²) < 4.78 is 12.7. The number of aliphatic imine (C=N–C) groups is 1. The fourth-order valence-corrected chi connectivity index (χ4v) is 0.713. The van der Waals surface area contributed by atoms with Gasteiger partial charge in [0.25, 0.3) is 0 Å². The summed E-state index contributed by atoms with van der Waals surface area (Å²) in [7, 11) is 1.25. The zero-order valence-corrected chi connectivity index (χ0v) is 5.86. The number of urea groups is 1. The van der Waals surface area contributed by atoms with Crippen molar-refractivity contribution >= 4 is 11.9 Å². The van der Waals surface area contributed by atoms with Crippen LogP contribution < -0.4 is 5.73 Å². The maximum Gasteiger partial charge on any atom is 0.347 e. The smallest absolute Gasteiger partial charge is 0.347 e. The largest absolute Gasteiger partial charge is 0.384 e. The number of hydrogen-bond acceptors (Lipinski definition) is 3. The molecular formula is C5H8FN3O2. The Balaban J connectivity index is 2.92. The Morgan fingerprint density at radius 1 is 1.82 bits per heavy atom. The van der Waals surface area contributed by atoms with Crippen molar-refractivity contribution in [2.45, 2.75) is 12.4 Å². The summed E-state index contributed by atoms with van der Waals surface area (Å²) in [5, 5.41) is 8.96. The third-order valence-corrected chi connectivity index (χ3v) is 1.47. The second kappa shape index (κ2) is 2.46. The molecule has 0 saturated carbocycles. The third-order valence-electron chi connectivity index (χ3n) is 1.47. The number of amides is 2. The number of nitrogens with zero attached hydrogens (tertiary/aromatic N) is 2. The highest BCUT2D eigenvalue weighted by molar-refractivity contribution is 5.98. The van der Waals surface area contributed by atoms with Gasteiger partial charge in [0.05, 0.1) is 0 Å². The van der Waals surface area contributed by atoms with Gasteiger partial charge >= 0.3 is 6.03 Å². The number of rotatable bonds is 0. The summed E-state index contributed by atoms with van der Waals surface area (Å²) in [6, 6.07) is -0.732. The second-order valence-electron chi connectivity index (χ2n) is 2.25. The van der Waals surface area contributed by atoms with Gasteiger partial charge in [0.1, 0.15) is 5.84 Å². The summed E-state index contributed by atoms with van der Waals surface area (Å²) in [5.41, 5.74) is 4.99. The van der Waals surface area contributed by atoms with E-state index in [0.717, 1.165) is 4.90 Å². The molecule has 2 atom stereocenters. The Hall–Kier alpha value is -1.17. The van der Waals surface area contributed by atoms with Gasteiger partial charge in [0.15, 0.2) is 6.23 Å². The molecule has 0 spiro atoms. The Labute approximate surface area is 62.3 Å². The van der Waals surface area contributed by atoms with Crippen molar-refractivity contribution in [1.29, 1.82) is 0 Å². The van der Waals surface area contributed by atoms with Gasteiger partial charge in [-0.3, -0.25) is 4.90 Å². The molecule has 6 heteroatoms. The van der Waals surface area contributed by atoms with Crippen LogP contribution in [0.25, 0.3) is 0 Å². The second-order valence-corrected chi connectivity index (χ2v) is 2.25. The molecule has 0 aromatic rings. The van der Waals surface area contributed by atoms with E-state index >= 15 is 0 Å². The molecular weight excluding hydrogens is 153 g/mol. The lowest BCUT2D eigenvalue weighted by molar-refractivity contribution is 0.00460. The predicted molar refractivity (Wildman–Crippen MR) is 35.7 cm³/mol. The van der Waals surface area contributed by atoms with Gasteiger partial charge in [0.2, 0.25) is 6.17 Å². The topological polar surface area (TPSA) is 78.9 Å². The van der Waals surface area contributed by atoms with Crippen molar-refractivity contribution in [2.24, 2.45) is 10.7 Å². The lowest BCUT2D eigenvalue weighted by atomic mass is 10.2. The van der Waals surface area contributed by atoms with Crippen LogP contribution >= 0.6 is 0 Å². The molecule has 3 N–H and O–H groups in total. The van der Waals surface area contributed by atoms with Crippen molar-refractivity contribution in [1.82, 2.24) is 4.90 Å². The summed E-state index contributed by atoms with van der Waals surface area (Å²) in [6.45, 7) is 0. The van der Waals surface area contributed by atoms with Crippen molar-refractivity contribution in [2.75, 3.05) is 7.05 Å². The van der Waals surface area contributed by atoms with Gasteiger partial charge in [-0.1, -0.05) is 0 Å². The Morgan fingerprint density at radius 3 is 2.91 bits per heavy atom. The zero-order valence-electron chi connectivity index (χ0n) is 5.86. The zero-order chi connectivity index (χ0) is 8.59. The molecule has 1 rings (SSSR count). The summed E-state index contributed by atoms with van der Waals surface area (Å²) in [5.74, 6) is -0.472. The van der Waals surface area contributed by atoms with E-state index in [2.05, 4.69) is 4.99 Å². The highest BCUT2D eigenvalue weighted by Gasteiger charge is 2.33. The van der Waals surface area contributed by atoms with Gasteiger partial charge in [0, 0.05) is 7.05 Å². The average molecular weight is 161 g/mol. The van der Waals surface area contributed by atoms with Crippen molar-refractivity contribution in [3.63, 3.8) is 0 Å². The summed E-state index contributed by atoms with van der Waals surface area (Å²) in [6.07, 6.45) is -3.29. The minimum atomic E-state index is -1.78. The highest BCUT2D eigenvalue weighted by atomic mass is 19.1. The number of aliphatic hydroxyl groups is 1. The van der Waals surface area contributed by atoms with Crippen LogP contribution in [-0.4, -0.2) is 41.3 Å². The van der Waals surface area contributed by atoms with Gasteiger partial charge in [-0.2, -0.15) is 4.99 Å². The minimum Gasteiger partial charge on any atom is -0.384 e. The minimum absolute atomic E-state index is 0.472. The van der Waals surface area contributed by atoms with E-state index < -0.39 is 24.3 Å². The Kier molecular flexibility index (Phi) is 1.77. The molecule has 2 unspecified atom stereocenters. The predicted octanol–water partition coefficient (Wildman–Crippen LogP) is -0.935. The first-order valence-corrected chi connectivity index (χ1v) is 2.97. The Bertz CT molecular complexity index is 218. The SMILES string of the molecule is CN1C(=O)N=C(N)C(F)C1O. The number of hydrogen-bond donors (Lipinski definition) is 2.